The first-order valence-corrected chi connectivity index (χ1v) is 9.96. The molecule has 0 saturated heterocycles. The topological polar surface area (TPSA) is 127 Å². The molecule has 0 aliphatic heterocycles. The summed E-state index contributed by atoms with van der Waals surface area (Å²) in [6.45, 7) is 1.83. The van der Waals surface area contributed by atoms with Gasteiger partial charge in [0, 0.05) is 30.2 Å². The molecule has 1 aromatic heterocycles. The number of hydrogen-bond donors (Lipinski definition) is 2. The number of benzene rings is 2. The van der Waals surface area contributed by atoms with Crippen LogP contribution in [0.1, 0.15) is 31.3 Å². The molecule has 1 heterocycles. The standard InChI is InChI=1S/C19H16ClN5O4S/c1-11-12(6-4-8-15(11)25(28)29)18(27)22-19-24-23-16(30-19)9-10-21-17(26)13-5-2-3-7-14(13)20/h2-8H,9-10H2,1H3,(H,21,26)(H,22,24,27). The van der Waals surface area contributed by atoms with E-state index in [1.807, 2.05) is 0 Å². The highest BCUT2D eigenvalue weighted by atomic mass is 35.5. The van der Waals surface area contributed by atoms with E-state index in [1.54, 1.807) is 24.3 Å². The van der Waals surface area contributed by atoms with Crippen LogP contribution >= 0.6 is 22.9 Å². The Balaban J connectivity index is 1.57. The number of carbonyl (C=O) groups excluding carboxylic acids is 2. The van der Waals surface area contributed by atoms with Gasteiger partial charge >= 0.3 is 0 Å². The maximum Gasteiger partial charge on any atom is 0.273 e. The highest BCUT2D eigenvalue weighted by Gasteiger charge is 2.19. The molecule has 0 spiro atoms. The molecular formula is C19H16ClN5O4S. The van der Waals surface area contributed by atoms with Gasteiger partial charge in [0.25, 0.3) is 17.5 Å². The molecule has 0 fully saturated rings. The summed E-state index contributed by atoms with van der Waals surface area (Å²) in [5.41, 5.74) is 0.714. The van der Waals surface area contributed by atoms with Crippen LogP contribution in [0, 0.1) is 17.0 Å². The second-order valence-corrected chi connectivity index (χ2v) is 7.62. The van der Waals surface area contributed by atoms with Gasteiger partial charge in [0.05, 0.1) is 15.5 Å². The molecular weight excluding hydrogens is 430 g/mol. The second kappa shape index (κ2) is 9.42. The van der Waals surface area contributed by atoms with Crippen LogP contribution in [0.3, 0.4) is 0 Å². The lowest BCUT2D eigenvalue weighted by Gasteiger charge is -2.05. The summed E-state index contributed by atoms with van der Waals surface area (Å²) in [5, 5.41) is 25.5. The molecule has 0 atom stereocenters. The SMILES string of the molecule is Cc1c(C(=O)Nc2nnc(CCNC(=O)c3ccccc3Cl)s2)cccc1[N+](=O)[O-]. The average Bonchev–Trinajstić information content (AvgIpc) is 3.15. The first-order chi connectivity index (χ1) is 14.4. The molecule has 11 heteroatoms. The zero-order valence-electron chi connectivity index (χ0n) is 15.7. The Kier molecular flexibility index (Phi) is 6.70. The summed E-state index contributed by atoms with van der Waals surface area (Å²) >= 11 is 7.15. The third kappa shape index (κ3) is 4.97. The Morgan fingerprint density at radius 1 is 1.10 bits per heavy atom. The van der Waals surface area contributed by atoms with Crippen LogP contribution in [0.15, 0.2) is 42.5 Å². The summed E-state index contributed by atoms with van der Waals surface area (Å²) in [6.07, 6.45) is 0.416. The van der Waals surface area contributed by atoms with Crippen LogP contribution in [0.25, 0.3) is 0 Å². The lowest BCUT2D eigenvalue weighted by atomic mass is 10.1. The molecule has 0 aliphatic carbocycles. The molecule has 3 aromatic rings. The van der Waals surface area contributed by atoms with Crippen molar-refractivity contribution in [2.45, 2.75) is 13.3 Å². The number of nitrogens with one attached hydrogen (secondary N) is 2. The van der Waals surface area contributed by atoms with Crippen molar-refractivity contribution in [3.8, 4) is 0 Å². The Hall–Kier alpha value is -3.37. The molecule has 0 saturated carbocycles. The van der Waals surface area contributed by atoms with Crippen molar-refractivity contribution in [2.24, 2.45) is 0 Å². The molecule has 0 bridgehead atoms. The van der Waals surface area contributed by atoms with E-state index < -0.39 is 10.8 Å². The summed E-state index contributed by atoms with van der Waals surface area (Å²) in [6, 6.07) is 11.0. The molecule has 2 aromatic carbocycles. The minimum absolute atomic E-state index is 0.130. The fourth-order valence-electron chi connectivity index (χ4n) is 2.66. The van der Waals surface area contributed by atoms with E-state index in [4.69, 9.17) is 11.6 Å². The van der Waals surface area contributed by atoms with Crippen molar-refractivity contribution < 1.29 is 14.5 Å². The number of amides is 2. The van der Waals surface area contributed by atoms with Crippen LogP contribution in [0.4, 0.5) is 10.8 Å². The minimum atomic E-state index is -0.536. The van der Waals surface area contributed by atoms with Crippen molar-refractivity contribution in [3.05, 3.63) is 79.3 Å². The fraction of sp³-hybridized carbons (Fsp3) is 0.158. The molecule has 0 aliphatic rings. The van der Waals surface area contributed by atoms with Gasteiger partial charge in [-0.05, 0) is 25.1 Å². The normalized spacial score (nSPS) is 10.5. The third-order valence-corrected chi connectivity index (χ3v) is 5.40. The Morgan fingerprint density at radius 3 is 2.57 bits per heavy atom. The first kappa shape index (κ1) is 21.3. The van der Waals surface area contributed by atoms with Crippen molar-refractivity contribution in [1.82, 2.24) is 15.5 Å². The van der Waals surface area contributed by atoms with Crippen LogP contribution in [-0.2, 0) is 6.42 Å². The molecule has 9 nitrogen and oxygen atoms in total. The van der Waals surface area contributed by atoms with E-state index in [9.17, 15) is 19.7 Å². The molecule has 3 rings (SSSR count). The Morgan fingerprint density at radius 2 is 1.83 bits per heavy atom. The maximum atomic E-state index is 12.4. The molecule has 0 unspecified atom stereocenters. The molecule has 2 amide bonds. The second-order valence-electron chi connectivity index (χ2n) is 6.15. The number of halogens is 1. The summed E-state index contributed by atoms with van der Waals surface area (Å²) in [5.74, 6) is -0.800. The molecule has 2 N–H and O–H groups in total. The van der Waals surface area contributed by atoms with Gasteiger partial charge in [-0.25, -0.2) is 0 Å². The lowest BCUT2D eigenvalue weighted by Crippen LogP contribution is -2.25. The highest BCUT2D eigenvalue weighted by molar-refractivity contribution is 7.15. The van der Waals surface area contributed by atoms with E-state index in [0.29, 0.717) is 28.6 Å². The number of rotatable bonds is 7. The van der Waals surface area contributed by atoms with Gasteiger partial charge in [0.2, 0.25) is 5.13 Å². The largest absolute Gasteiger partial charge is 0.352 e. The number of hydrogen-bond acceptors (Lipinski definition) is 7. The quantitative estimate of drug-likeness (QED) is 0.422. The van der Waals surface area contributed by atoms with Crippen molar-refractivity contribution in [1.29, 1.82) is 0 Å². The number of nitro groups is 1. The van der Waals surface area contributed by atoms with Crippen LogP contribution in [0.2, 0.25) is 5.02 Å². The predicted octanol–water partition coefficient (Wildman–Crippen LogP) is 3.63. The zero-order chi connectivity index (χ0) is 21.7. The average molecular weight is 446 g/mol. The van der Waals surface area contributed by atoms with E-state index in [1.165, 1.54) is 25.1 Å². The highest BCUT2D eigenvalue weighted by Crippen LogP contribution is 2.23. The summed E-state index contributed by atoms with van der Waals surface area (Å²) in [7, 11) is 0. The van der Waals surface area contributed by atoms with Crippen LogP contribution < -0.4 is 10.6 Å². The van der Waals surface area contributed by atoms with Gasteiger partial charge in [-0.2, -0.15) is 0 Å². The third-order valence-electron chi connectivity index (χ3n) is 4.18. The van der Waals surface area contributed by atoms with Gasteiger partial charge in [-0.3, -0.25) is 25.0 Å². The lowest BCUT2D eigenvalue weighted by molar-refractivity contribution is -0.385. The monoisotopic (exact) mass is 445 g/mol. The van der Waals surface area contributed by atoms with Crippen LogP contribution in [-0.4, -0.2) is 33.5 Å². The van der Waals surface area contributed by atoms with E-state index >= 15 is 0 Å². The van der Waals surface area contributed by atoms with Gasteiger partial charge < -0.3 is 5.32 Å². The van der Waals surface area contributed by atoms with Crippen molar-refractivity contribution in [3.63, 3.8) is 0 Å². The van der Waals surface area contributed by atoms with Gasteiger partial charge in [0.1, 0.15) is 5.01 Å². The zero-order valence-corrected chi connectivity index (χ0v) is 17.3. The van der Waals surface area contributed by atoms with Gasteiger partial charge in [-0.15, -0.1) is 10.2 Å². The Bertz CT molecular complexity index is 1120. The fourth-order valence-corrected chi connectivity index (χ4v) is 3.62. The number of carbonyl (C=O) groups is 2. The van der Waals surface area contributed by atoms with E-state index in [0.717, 1.165) is 11.3 Å². The van der Waals surface area contributed by atoms with Crippen molar-refractivity contribution >= 4 is 45.6 Å². The number of nitro benzene ring substituents is 1. The number of nitrogens with zero attached hydrogens (tertiary/aromatic N) is 3. The molecule has 30 heavy (non-hydrogen) atoms. The number of aromatic nitrogens is 2. The number of anilines is 1. The molecule has 0 radical (unpaired) electrons. The van der Waals surface area contributed by atoms with E-state index in [2.05, 4.69) is 20.8 Å². The summed E-state index contributed by atoms with van der Waals surface area (Å²) < 4.78 is 0. The maximum absolute atomic E-state index is 12.4. The molecule has 154 valence electrons. The van der Waals surface area contributed by atoms with E-state index in [-0.39, 0.29) is 27.9 Å². The smallest absolute Gasteiger partial charge is 0.273 e. The van der Waals surface area contributed by atoms with Gasteiger partial charge in [0.15, 0.2) is 0 Å². The van der Waals surface area contributed by atoms with Crippen LogP contribution in [0.5, 0.6) is 0 Å². The van der Waals surface area contributed by atoms with Gasteiger partial charge in [-0.1, -0.05) is 41.1 Å². The summed E-state index contributed by atoms with van der Waals surface area (Å²) in [4.78, 5) is 35.1. The minimum Gasteiger partial charge on any atom is -0.352 e. The predicted molar refractivity (Wildman–Crippen MR) is 113 cm³/mol. The first-order valence-electron chi connectivity index (χ1n) is 8.77. The Labute approximate surface area is 180 Å². The van der Waals surface area contributed by atoms with Crippen molar-refractivity contribution in [2.75, 3.05) is 11.9 Å².